The Kier molecular flexibility index (Phi) is 8.42. The minimum Gasteiger partial charge on any atom is -0.481 e. The molecule has 3 aromatic rings. The molecule has 0 fully saturated rings. The van der Waals surface area contributed by atoms with E-state index in [4.69, 9.17) is 39.5 Å². The molecule has 1 N–H and O–H groups in total. The lowest BCUT2D eigenvalue weighted by molar-refractivity contribution is -0.113. The molecule has 1 aromatic heterocycles. The van der Waals surface area contributed by atoms with Gasteiger partial charge in [-0.05, 0) is 37.3 Å². The first-order valence-electron chi connectivity index (χ1n) is 9.32. The van der Waals surface area contributed by atoms with E-state index >= 15 is 0 Å². The first-order valence-corrected chi connectivity index (χ1v) is 11.4. The standard InChI is InChI=1S/C21H18Cl3FN4O2S/c1-3-8-29-20(12(2)31-18-9-13(22)4-6-15(18)23)27-28-21(29)32-11-19(30)26-14-5-7-17(25)16(24)10-14/h3-7,9-10,12H,1,8,11H2,2H3,(H,26,30). The van der Waals surface area contributed by atoms with E-state index in [1.54, 1.807) is 35.8 Å². The fourth-order valence-corrected chi connectivity index (χ4v) is 3.98. The average molecular weight is 516 g/mol. The van der Waals surface area contributed by atoms with Gasteiger partial charge in [0.2, 0.25) is 5.91 Å². The Bertz CT molecular complexity index is 1140. The Morgan fingerprint density at radius 3 is 2.75 bits per heavy atom. The quantitative estimate of drug-likeness (QED) is 0.262. The molecule has 0 radical (unpaired) electrons. The van der Waals surface area contributed by atoms with Gasteiger partial charge < -0.3 is 10.1 Å². The summed E-state index contributed by atoms with van der Waals surface area (Å²) in [6, 6.07) is 8.90. The number of rotatable bonds is 9. The van der Waals surface area contributed by atoms with Gasteiger partial charge in [0.1, 0.15) is 11.6 Å². The number of amides is 1. The van der Waals surface area contributed by atoms with Crippen LogP contribution >= 0.6 is 46.6 Å². The Hall–Kier alpha value is -2.26. The van der Waals surface area contributed by atoms with Crippen LogP contribution in [0.1, 0.15) is 18.9 Å². The molecule has 168 valence electrons. The third-order valence-electron chi connectivity index (χ3n) is 4.15. The van der Waals surface area contributed by atoms with Crippen molar-refractivity contribution in [3.8, 4) is 5.75 Å². The molecule has 1 unspecified atom stereocenters. The molecule has 0 aliphatic heterocycles. The highest BCUT2D eigenvalue weighted by atomic mass is 35.5. The Morgan fingerprint density at radius 1 is 1.25 bits per heavy atom. The molecular formula is C21H18Cl3FN4O2S. The van der Waals surface area contributed by atoms with Crippen molar-refractivity contribution in [2.75, 3.05) is 11.1 Å². The number of halogens is 4. The van der Waals surface area contributed by atoms with E-state index in [9.17, 15) is 9.18 Å². The average Bonchev–Trinajstić information content (AvgIpc) is 3.15. The number of benzene rings is 2. The lowest BCUT2D eigenvalue weighted by Crippen LogP contribution is -2.15. The van der Waals surface area contributed by atoms with E-state index in [-0.39, 0.29) is 16.7 Å². The van der Waals surface area contributed by atoms with Crippen molar-refractivity contribution in [2.45, 2.75) is 24.7 Å². The fourth-order valence-electron chi connectivity index (χ4n) is 2.72. The summed E-state index contributed by atoms with van der Waals surface area (Å²) >= 11 is 19.1. The zero-order valence-corrected chi connectivity index (χ0v) is 19.9. The summed E-state index contributed by atoms with van der Waals surface area (Å²) < 4.78 is 21.0. The van der Waals surface area contributed by atoms with Gasteiger partial charge in [-0.1, -0.05) is 52.6 Å². The van der Waals surface area contributed by atoms with Gasteiger partial charge in [0.15, 0.2) is 17.1 Å². The summed E-state index contributed by atoms with van der Waals surface area (Å²) in [5.74, 6) is 0.155. The van der Waals surface area contributed by atoms with Crippen LogP contribution in [0.4, 0.5) is 10.1 Å². The Balaban J connectivity index is 1.69. The van der Waals surface area contributed by atoms with Crippen molar-refractivity contribution in [3.05, 3.63) is 75.8 Å². The van der Waals surface area contributed by atoms with Gasteiger partial charge in [-0.15, -0.1) is 16.8 Å². The second-order valence-electron chi connectivity index (χ2n) is 6.54. The van der Waals surface area contributed by atoms with Crippen molar-refractivity contribution < 1.29 is 13.9 Å². The molecule has 0 saturated carbocycles. The highest BCUT2D eigenvalue weighted by Gasteiger charge is 2.21. The van der Waals surface area contributed by atoms with Gasteiger partial charge in [0.25, 0.3) is 0 Å². The van der Waals surface area contributed by atoms with E-state index in [0.717, 1.165) is 0 Å². The van der Waals surface area contributed by atoms with Crippen molar-refractivity contribution >= 4 is 58.2 Å². The largest absolute Gasteiger partial charge is 0.481 e. The lowest BCUT2D eigenvalue weighted by Gasteiger charge is -2.16. The number of allylic oxidation sites excluding steroid dienone is 1. The third-order valence-corrected chi connectivity index (χ3v) is 5.96. The third kappa shape index (κ3) is 6.16. The first kappa shape index (κ1) is 24.4. The van der Waals surface area contributed by atoms with Crippen LogP contribution < -0.4 is 10.1 Å². The van der Waals surface area contributed by atoms with Crippen LogP contribution in [0.5, 0.6) is 5.75 Å². The van der Waals surface area contributed by atoms with Crippen LogP contribution in [0.15, 0.2) is 54.2 Å². The summed E-state index contributed by atoms with van der Waals surface area (Å²) in [5, 5.41) is 12.4. The number of anilines is 1. The van der Waals surface area contributed by atoms with E-state index in [1.165, 1.54) is 30.0 Å². The number of nitrogens with zero attached hydrogens (tertiary/aromatic N) is 3. The normalized spacial score (nSPS) is 11.8. The van der Waals surface area contributed by atoms with Crippen molar-refractivity contribution in [2.24, 2.45) is 0 Å². The van der Waals surface area contributed by atoms with Crippen LogP contribution in [-0.2, 0) is 11.3 Å². The SMILES string of the molecule is C=CCn1c(SCC(=O)Nc2ccc(F)c(Cl)c2)nnc1C(C)Oc1cc(Cl)ccc1Cl. The van der Waals surface area contributed by atoms with E-state index < -0.39 is 11.9 Å². The van der Waals surface area contributed by atoms with E-state index in [1.807, 2.05) is 0 Å². The number of hydrogen-bond donors (Lipinski definition) is 1. The number of nitrogens with one attached hydrogen (secondary N) is 1. The number of carbonyl (C=O) groups excluding carboxylic acids is 1. The topological polar surface area (TPSA) is 69.0 Å². The summed E-state index contributed by atoms with van der Waals surface area (Å²) in [6.07, 6.45) is 1.19. The first-order chi connectivity index (χ1) is 15.3. The zero-order valence-electron chi connectivity index (χ0n) is 16.8. The number of carbonyl (C=O) groups is 1. The molecule has 0 aliphatic rings. The minimum absolute atomic E-state index is 0.0552. The molecule has 0 spiro atoms. The molecule has 2 aromatic carbocycles. The molecule has 32 heavy (non-hydrogen) atoms. The smallest absolute Gasteiger partial charge is 0.234 e. The molecule has 0 aliphatic carbocycles. The van der Waals surface area contributed by atoms with Gasteiger partial charge in [-0.3, -0.25) is 9.36 Å². The highest BCUT2D eigenvalue weighted by molar-refractivity contribution is 7.99. The molecule has 1 atom stereocenters. The van der Waals surface area contributed by atoms with Crippen LogP contribution in [0, 0.1) is 5.82 Å². The monoisotopic (exact) mass is 514 g/mol. The molecule has 6 nitrogen and oxygen atoms in total. The predicted molar refractivity (Wildman–Crippen MR) is 126 cm³/mol. The maximum absolute atomic E-state index is 13.3. The number of thioether (sulfide) groups is 1. The fraction of sp³-hybridized carbons (Fsp3) is 0.190. The van der Waals surface area contributed by atoms with Crippen LogP contribution in [0.25, 0.3) is 0 Å². The van der Waals surface area contributed by atoms with Crippen LogP contribution in [0.2, 0.25) is 15.1 Å². The van der Waals surface area contributed by atoms with E-state index in [0.29, 0.717) is 39.0 Å². The number of ether oxygens (including phenoxy) is 1. The second-order valence-corrected chi connectivity index (χ2v) is 8.73. The number of hydrogen-bond acceptors (Lipinski definition) is 5. The Morgan fingerprint density at radius 2 is 2.03 bits per heavy atom. The van der Waals surface area contributed by atoms with Gasteiger partial charge in [-0.25, -0.2) is 4.39 Å². The zero-order chi connectivity index (χ0) is 23.3. The maximum atomic E-state index is 13.3. The molecule has 11 heteroatoms. The molecule has 3 rings (SSSR count). The molecular weight excluding hydrogens is 498 g/mol. The summed E-state index contributed by atoms with van der Waals surface area (Å²) in [5.41, 5.74) is 0.399. The van der Waals surface area contributed by atoms with Crippen molar-refractivity contribution in [3.63, 3.8) is 0 Å². The molecule has 1 amide bonds. The van der Waals surface area contributed by atoms with Crippen molar-refractivity contribution in [1.29, 1.82) is 0 Å². The van der Waals surface area contributed by atoms with Gasteiger partial charge >= 0.3 is 0 Å². The van der Waals surface area contributed by atoms with E-state index in [2.05, 4.69) is 22.1 Å². The molecule has 1 heterocycles. The van der Waals surface area contributed by atoms with Gasteiger partial charge in [-0.2, -0.15) is 0 Å². The van der Waals surface area contributed by atoms with Crippen molar-refractivity contribution in [1.82, 2.24) is 14.8 Å². The summed E-state index contributed by atoms with van der Waals surface area (Å²) in [6.45, 7) is 5.99. The van der Waals surface area contributed by atoms with Crippen LogP contribution in [-0.4, -0.2) is 26.4 Å². The van der Waals surface area contributed by atoms with Gasteiger partial charge in [0.05, 0.1) is 15.8 Å². The summed E-state index contributed by atoms with van der Waals surface area (Å²) in [7, 11) is 0. The molecule has 0 saturated heterocycles. The van der Waals surface area contributed by atoms with Crippen LogP contribution in [0.3, 0.4) is 0 Å². The lowest BCUT2D eigenvalue weighted by atomic mass is 10.3. The minimum atomic E-state index is -0.556. The highest BCUT2D eigenvalue weighted by Crippen LogP contribution is 2.32. The number of aromatic nitrogens is 3. The molecule has 0 bridgehead atoms. The summed E-state index contributed by atoms with van der Waals surface area (Å²) in [4.78, 5) is 12.3. The maximum Gasteiger partial charge on any atom is 0.234 e. The Labute approximate surface area is 203 Å². The second kappa shape index (κ2) is 11.0. The van der Waals surface area contributed by atoms with Gasteiger partial charge in [0, 0.05) is 23.3 Å². The predicted octanol–water partition coefficient (Wildman–Crippen LogP) is 6.43.